The molecule has 2 aromatic carbocycles. The summed E-state index contributed by atoms with van der Waals surface area (Å²) in [5.74, 6) is -0.136. The number of hydrogen-bond acceptors (Lipinski definition) is 0. The van der Waals surface area contributed by atoms with E-state index in [1.807, 2.05) is 36.4 Å². The first-order valence-corrected chi connectivity index (χ1v) is 6.90. The summed E-state index contributed by atoms with van der Waals surface area (Å²) < 4.78 is 39.0. The van der Waals surface area contributed by atoms with E-state index in [1.165, 1.54) is 6.07 Å². The van der Waals surface area contributed by atoms with Crippen molar-refractivity contribution in [3.05, 3.63) is 75.3 Å². The van der Waals surface area contributed by atoms with Crippen LogP contribution in [0.15, 0.2) is 53.0 Å². The highest BCUT2D eigenvalue weighted by atomic mass is 79.9. The van der Waals surface area contributed by atoms with Gasteiger partial charge in [0, 0.05) is 10.4 Å². The maximum atomic E-state index is 13.0. The molecule has 20 heavy (non-hydrogen) atoms. The molecule has 0 saturated heterocycles. The summed E-state index contributed by atoms with van der Waals surface area (Å²) in [6, 6.07) is 12.0. The van der Waals surface area contributed by atoms with Crippen molar-refractivity contribution in [3.63, 3.8) is 0 Å². The Morgan fingerprint density at radius 3 is 2.35 bits per heavy atom. The van der Waals surface area contributed by atoms with E-state index < -0.39 is 11.7 Å². The largest absolute Gasteiger partial charge is 0.417 e. The van der Waals surface area contributed by atoms with E-state index in [0.29, 0.717) is 5.56 Å². The van der Waals surface area contributed by atoms with Gasteiger partial charge in [-0.2, -0.15) is 13.2 Å². The quantitative estimate of drug-likeness (QED) is 0.632. The van der Waals surface area contributed by atoms with E-state index in [9.17, 15) is 13.2 Å². The molecule has 1 unspecified atom stereocenters. The van der Waals surface area contributed by atoms with Gasteiger partial charge in [0.25, 0.3) is 0 Å². The van der Waals surface area contributed by atoms with Crippen LogP contribution in [0.1, 0.15) is 28.2 Å². The van der Waals surface area contributed by atoms with Gasteiger partial charge in [-0.05, 0) is 38.7 Å². The van der Waals surface area contributed by atoms with E-state index in [2.05, 4.69) is 15.9 Å². The molecule has 1 atom stereocenters. The van der Waals surface area contributed by atoms with Crippen molar-refractivity contribution in [2.75, 3.05) is 0 Å². The smallest absolute Gasteiger partial charge is 0.166 e. The molecule has 0 amide bonds. The van der Waals surface area contributed by atoms with Gasteiger partial charge in [0.05, 0.1) is 5.56 Å². The lowest BCUT2D eigenvalue weighted by atomic mass is 9.92. The summed E-state index contributed by atoms with van der Waals surface area (Å²) in [6.45, 7) is 0. The topological polar surface area (TPSA) is 0 Å². The zero-order valence-electron chi connectivity index (χ0n) is 10.3. The summed E-state index contributed by atoms with van der Waals surface area (Å²) in [4.78, 5) is 0. The van der Waals surface area contributed by atoms with E-state index in [1.54, 1.807) is 6.07 Å². The van der Waals surface area contributed by atoms with E-state index in [-0.39, 0.29) is 10.4 Å². The molecule has 3 rings (SSSR count). The summed E-state index contributed by atoms with van der Waals surface area (Å²) in [5.41, 5.74) is 2.10. The Bertz CT molecular complexity index is 686. The standard InChI is InChI=1S/C16H10BrF3/c17-15-13(6-3-7-14(15)16(18,19)20)12-9-8-10-4-1-2-5-11(10)12/h1-9,12H. The molecule has 1 aliphatic carbocycles. The highest BCUT2D eigenvalue weighted by molar-refractivity contribution is 9.10. The van der Waals surface area contributed by atoms with Gasteiger partial charge in [0.2, 0.25) is 0 Å². The second kappa shape index (κ2) is 4.77. The summed E-state index contributed by atoms with van der Waals surface area (Å²) in [7, 11) is 0. The Labute approximate surface area is 123 Å². The van der Waals surface area contributed by atoms with Crippen LogP contribution in [0.2, 0.25) is 0 Å². The molecular weight excluding hydrogens is 329 g/mol. The van der Waals surface area contributed by atoms with Crippen LogP contribution in [0.5, 0.6) is 0 Å². The Kier molecular flexibility index (Phi) is 3.21. The lowest BCUT2D eigenvalue weighted by Gasteiger charge is -2.17. The van der Waals surface area contributed by atoms with E-state index >= 15 is 0 Å². The van der Waals surface area contributed by atoms with Crippen molar-refractivity contribution in [2.45, 2.75) is 12.1 Å². The molecule has 0 N–H and O–H groups in total. The van der Waals surface area contributed by atoms with Gasteiger partial charge >= 0.3 is 6.18 Å². The minimum absolute atomic E-state index is 0.124. The third-order valence-electron chi connectivity index (χ3n) is 3.47. The maximum Gasteiger partial charge on any atom is 0.417 e. The van der Waals surface area contributed by atoms with Crippen LogP contribution in [0.4, 0.5) is 13.2 Å². The average Bonchev–Trinajstić information content (AvgIpc) is 2.81. The molecule has 0 heterocycles. The molecule has 0 nitrogen and oxygen atoms in total. The number of hydrogen-bond donors (Lipinski definition) is 0. The van der Waals surface area contributed by atoms with Crippen LogP contribution in [0, 0.1) is 0 Å². The molecule has 0 fully saturated rings. The van der Waals surface area contributed by atoms with Crippen molar-refractivity contribution in [3.8, 4) is 0 Å². The molecule has 0 bridgehead atoms. The Hall–Kier alpha value is -1.55. The normalized spacial score (nSPS) is 17.3. The van der Waals surface area contributed by atoms with Gasteiger partial charge in [0.1, 0.15) is 0 Å². The van der Waals surface area contributed by atoms with Crippen molar-refractivity contribution < 1.29 is 13.2 Å². The average molecular weight is 339 g/mol. The van der Waals surface area contributed by atoms with Crippen LogP contribution >= 0.6 is 15.9 Å². The van der Waals surface area contributed by atoms with Crippen LogP contribution < -0.4 is 0 Å². The van der Waals surface area contributed by atoms with Gasteiger partial charge in [-0.3, -0.25) is 0 Å². The fourth-order valence-corrected chi connectivity index (χ4v) is 3.27. The summed E-state index contributed by atoms with van der Waals surface area (Å²) in [6.07, 6.45) is -0.464. The van der Waals surface area contributed by atoms with Gasteiger partial charge in [-0.15, -0.1) is 0 Å². The SMILES string of the molecule is FC(F)(F)c1cccc(C2C=Cc3ccccc32)c1Br. The fourth-order valence-electron chi connectivity index (χ4n) is 2.53. The molecule has 4 heteroatoms. The lowest BCUT2D eigenvalue weighted by Crippen LogP contribution is -2.08. The lowest BCUT2D eigenvalue weighted by molar-refractivity contribution is -0.138. The van der Waals surface area contributed by atoms with Crippen LogP contribution in [-0.2, 0) is 6.18 Å². The number of fused-ring (bicyclic) bond motifs is 1. The van der Waals surface area contributed by atoms with Crippen molar-refractivity contribution >= 4 is 22.0 Å². The monoisotopic (exact) mass is 338 g/mol. The van der Waals surface area contributed by atoms with Gasteiger partial charge in [-0.25, -0.2) is 0 Å². The number of benzene rings is 2. The van der Waals surface area contributed by atoms with E-state index in [4.69, 9.17) is 0 Å². The van der Waals surface area contributed by atoms with Crippen molar-refractivity contribution in [1.29, 1.82) is 0 Å². The Balaban J connectivity index is 2.12. The summed E-state index contributed by atoms with van der Waals surface area (Å²) in [5, 5.41) is 0. The molecule has 1 aliphatic rings. The molecule has 0 saturated carbocycles. The fraction of sp³-hybridized carbons (Fsp3) is 0.125. The summed E-state index contributed by atoms with van der Waals surface area (Å²) >= 11 is 3.13. The first-order valence-electron chi connectivity index (χ1n) is 6.11. The minimum Gasteiger partial charge on any atom is -0.166 e. The van der Waals surface area contributed by atoms with Crippen LogP contribution in [0.25, 0.3) is 6.08 Å². The van der Waals surface area contributed by atoms with Crippen molar-refractivity contribution in [1.82, 2.24) is 0 Å². The first-order chi connectivity index (χ1) is 9.48. The van der Waals surface area contributed by atoms with Gasteiger partial charge < -0.3 is 0 Å². The Morgan fingerprint density at radius 1 is 0.900 bits per heavy atom. The molecular formula is C16H10BrF3. The molecule has 0 aliphatic heterocycles. The van der Waals surface area contributed by atoms with Crippen LogP contribution in [-0.4, -0.2) is 0 Å². The third kappa shape index (κ3) is 2.18. The zero-order chi connectivity index (χ0) is 14.3. The highest BCUT2D eigenvalue weighted by Crippen LogP contribution is 2.43. The molecule has 0 spiro atoms. The molecule has 102 valence electrons. The highest BCUT2D eigenvalue weighted by Gasteiger charge is 2.34. The third-order valence-corrected chi connectivity index (χ3v) is 4.35. The predicted molar refractivity (Wildman–Crippen MR) is 76.5 cm³/mol. The number of halogens is 4. The van der Waals surface area contributed by atoms with E-state index in [0.717, 1.165) is 17.2 Å². The predicted octanol–water partition coefficient (Wildman–Crippen LogP) is 5.63. The Morgan fingerprint density at radius 2 is 1.60 bits per heavy atom. The number of rotatable bonds is 1. The van der Waals surface area contributed by atoms with Crippen LogP contribution in [0.3, 0.4) is 0 Å². The van der Waals surface area contributed by atoms with Crippen molar-refractivity contribution in [2.24, 2.45) is 0 Å². The second-order valence-electron chi connectivity index (χ2n) is 4.67. The first kappa shape index (κ1) is 13.4. The van der Waals surface area contributed by atoms with Gasteiger partial charge in [0.15, 0.2) is 0 Å². The molecule has 2 aromatic rings. The second-order valence-corrected chi connectivity index (χ2v) is 5.47. The maximum absolute atomic E-state index is 13.0. The molecule has 0 radical (unpaired) electrons. The minimum atomic E-state index is -4.35. The number of allylic oxidation sites excluding steroid dienone is 1. The number of alkyl halides is 3. The molecule has 0 aromatic heterocycles. The van der Waals surface area contributed by atoms with Gasteiger partial charge in [-0.1, -0.05) is 48.6 Å². The zero-order valence-corrected chi connectivity index (χ0v) is 11.9.